The third-order valence-electron chi connectivity index (χ3n) is 8.78. The number of carboxylic acid groups (broad SMARTS) is 1. The van der Waals surface area contributed by atoms with Gasteiger partial charge in [0.25, 0.3) is 0 Å². The van der Waals surface area contributed by atoms with Gasteiger partial charge in [-0.1, -0.05) is 26.0 Å². The van der Waals surface area contributed by atoms with Crippen LogP contribution in [0.5, 0.6) is 0 Å². The van der Waals surface area contributed by atoms with Crippen molar-refractivity contribution in [2.75, 3.05) is 0 Å². The summed E-state index contributed by atoms with van der Waals surface area (Å²) in [6.45, 7) is 5.01. The second-order valence-electron chi connectivity index (χ2n) is 9.45. The minimum absolute atomic E-state index is 0.299. The van der Waals surface area contributed by atoms with Crippen molar-refractivity contribution < 1.29 is 9.90 Å². The second kappa shape index (κ2) is 5.36. The van der Waals surface area contributed by atoms with Gasteiger partial charge in [-0.2, -0.15) is 0 Å². The fourth-order valence-corrected chi connectivity index (χ4v) is 7.48. The molecule has 0 aromatic carbocycles. The summed E-state index contributed by atoms with van der Waals surface area (Å²) >= 11 is 0. The van der Waals surface area contributed by atoms with E-state index in [0.717, 1.165) is 30.1 Å². The van der Waals surface area contributed by atoms with E-state index in [4.69, 9.17) is 0 Å². The molecule has 0 amide bonds. The minimum atomic E-state index is -0.591. The SMILES string of the molecule is C[C@]12CCC=C[C@@H]1CC[C@@H]1[C@@H]2CC[C@]2(C)[C@@H](CC(=O)O)CC[C@@H]12. The Hall–Kier alpha value is -0.790. The van der Waals surface area contributed by atoms with Crippen LogP contribution in [0.15, 0.2) is 12.2 Å². The summed E-state index contributed by atoms with van der Waals surface area (Å²) in [7, 11) is 0. The van der Waals surface area contributed by atoms with Crippen molar-refractivity contribution in [3.8, 4) is 0 Å². The molecule has 1 N–H and O–H groups in total. The molecular formula is C21H32O2. The highest BCUT2D eigenvalue weighted by molar-refractivity contribution is 5.67. The van der Waals surface area contributed by atoms with Crippen molar-refractivity contribution in [1.82, 2.24) is 0 Å². The fraction of sp³-hybridized carbons (Fsp3) is 0.857. The zero-order valence-electron chi connectivity index (χ0n) is 14.8. The molecule has 2 heteroatoms. The Labute approximate surface area is 140 Å². The van der Waals surface area contributed by atoms with Crippen LogP contribution in [-0.2, 0) is 4.79 Å². The summed E-state index contributed by atoms with van der Waals surface area (Å²) in [5.74, 6) is 3.16. The number of hydrogen-bond donors (Lipinski definition) is 1. The van der Waals surface area contributed by atoms with E-state index in [-0.39, 0.29) is 0 Å². The lowest BCUT2D eigenvalue weighted by Crippen LogP contribution is -2.52. The maximum Gasteiger partial charge on any atom is 0.303 e. The standard InChI is InChI=1S/C21H32O2/c1-20-11-4-3-5-14(20)6-8-16-17-9-7-15(13-19(22)23)21(17,2)12-10-18(16)20/h3,5,14-18H,4,6-13H2,1-2H3,(H,22,23)/t14-,15-,16+,17+,18+,20+,21-/m1/s1. The van der Waals surface area contributed by atoms with Gasteiger partial charge in [0.2, 0.25) is 0 Å². The molecule has 0 aromatic heterocycles. The van der Waals surface area contributed by atoms with Gasteiger partial charge in [-0.15, -0.1) is 0 Å². The van der Waals surface area contributed by atoms with E-state index in [1.54, 1.807) is 0 Å². The summed E-state index contributed by atoms with van der Waals surface area (Å²) in [5.41, 5.74) is 0.817. The van der Waals surface area contributed by atoms with Gasteiger partial charge in [0.15, 0.2) is 0 Å². The van der Waals surface area contributed by atoms with Crippen LogP contribution in [0.2, 0.25) is 0 Å². The van der Waals surface area contributed by atoms with Crippen LogP contribution in [0.25, 0.3) is 0 Å². The highest BCUT2D eigenvalue weighted by Gasteiger charge is 2.59. The number of aliphatic carboxylic acids is 1. The molecule has 0 bridgehead atoms. The Balaban J connectivity index is 1.60. The Morgan fingerprint density at radius 1 is 1.04 bits per heavy atom. The van der Waals surface area contributed by atoms with E-state index in [1.165, 1.54) is 44.9 Å². The zero-order chi connectivity index (χ0) is 16.2. The predicted molar refractivity (Wildman–Crippen MR) is 92.0 cm³/mol. The van der Waals surface area contributed by atoms with Crippen molar-refractivity contribution in [2.45, 2.75) is 71.6 Å². The number of rotatable bonds is 2. The van der Waals surface area contributed by atoms with E-state index < -0.39 is 5.97 Å². The fourth-order valence-electron chi connectivity index (χ4n) is 7.48. The Morgan fingerprint density at radius 3 is 2.61 bits per heavy atom. The summed E-state index contributed by atoms with van der Waals surface area (Å²) in [6.07, 6.45) is 15.8. The van der Waals surface area contributed by atoms with Gasteiger partial charge in [0.1, 0.15) is 0 Å². The monoisotopic (exact) mass is 316 g/mol. The first-order valence-corrected chi connectivity index (χ1v) is 9.83. The highest BCUT2D eigenvalue weighted by Crippen LogP contribution is 2.67. The van der Waals surface area contributed by atoms with Crippen molar-refractivity contribution in [2.24, 2.45) is 40.4 Å². The molecular weight excluding hydrogens is 284 g/mol. The van der Waals surface area contributed by atoms with Gasteiger partial charge in [0.05, 0.1) is 0 Å². The van der Waals surface area contributed by atoms with E-state index in [9.17, 15) is 9.90 Å². The van der Waals surface area contributed by atoms with Crippen molar-refractivity contribution in [3.05, 3.63) is 12.2 Å². The highest BCUT2D eigenvalue weighted by atomic mass is 16.4. The molecule has 0 radical (unpaired) electrons. The Kier molecular flexibility index (Phi) is 3.66. The van der Waals surface area contributed by atoms with Crippen molar-refractivity contribution in [1.29, 1.82) is 0 Å². The molecule has 3 saturated carbocycles. The quantitative estimate of drug-likeness (QED) is 0.703. The molecule has 4 aliphatic carbocycles. The summed E-state index contributed by atoms with van der Waals surface area (Å²) in [5, 5.41) is 9.30. The van der Waals surface area contributed by atoms with Crippen LogP contribution in [-0.4, -0.2) is 11.1 Å². The van der Waals surface area contributed by atoms with Crippen LogP contribution < -0.4 is 0 Å². The minimum Gasteiger partial charge on any atom is -0.481 e. The van der Waals surface area contributed by atoms with Crippen molar-refractivity contribution in [3.63, 3.8) is 0 Å². The van der Waals surface area contributed by atoms with Crippen LogP contribution in [0.4, 0.5) is 0 Å². The molecule has 4 rings (SSSR count). The van der Waals surface area contributed by atoms with Crippen LogP contribution >= 0.6 is 0 Å². The van der Waals surface area contributed by atoms with Crippen LogP contribution in [0.3, 0.4) is 0 Å². The molecule has 0 heterocycles. The number of carbonyl (C=O) groups is 1. The van der Waals surface area contributed by atoms with Gasteiger partial charge in [-0.25, -0.2) is 0 Å². The van der Waals surface area contributed by atoms with E-state index in [1.807, 2.05) is 0 Å². The third kappa shape index (κ3) is 2.23. The lowest BCUT2D eigenvalue weighted by molar-refractivity contribution is -0.140. The smallest absolute Gasteiger partial charge is 0.303 e. The second-order valence-corrected chi connectivity index (χ2v) is 9.45. The summed E-state index contributed by atoms with van der Waals surface area (Å²) in [6, 6.07) is 0. The third-order valence-corrected chi connectivity index (χ3v) is 8.78. The Bertz CT molecular complexity index is 524. The maximum atomic E-state index is 11.3. The molecule has 4 aliphatic rings. The number of fused-ring (bicyclic) bond motifs is 5. The molecule has 0 saturated heterocycles. The zero-order valence-corrected chi connectivity index (χ0v) is 14.8. The number of hydrogen-bond acceptors (Lipinski definition) is 1. The topological polar surface area (TPSA) is 37.3 Å². The molecule has 2 nitrogen and oxygen atoms in total. The van der Waals surface area contributed by atoms with Gasteiger partial charge >= 0.3 is 5.97 Å². The molecule has 0 aliphatic heterocycles. The van der Waals surface area contributed by atoms with E-state index in [0.29, 0.717) is 23.2 Å². The average Bonchev–Trinajstić information content (AvgIpc) is 2.83. The molecule has 0 spiro atoms. The molecule has 23 heavy (non-hydrogen) atoms. The largest absolute Gasteiger partial charge is 0.481 e. The molecule has 3 fully saturated rings. The lowest BCUT2D eigenvalue weighted by Gasteiger charge is -2.59. The van der Waals surface area contributed by atoms with Gasteiger partial charge < -0.3 is 5.11 Å². The van der Waals surface area contributed by atoms with Crippen LogP contribution in [0.1, 0.15) is 71.6 Å². The average molecular weight is 316 g/mol. The first kappa shape index (κ1) is 15.7. The Morgan fingerprint density at radius 2 is 1.83 bits per heavy atom. The van der Waals surface area contributed by atoms with E-state index >= 15 is 0 Å². The molecule has 0 aromatic rings. The summed E-state index contributed by atoms with van der Waals surface area (Å²) in [4.78, 5) is 11.3. The molecule has 0 unspecified atom stereocenters. The number of carboxylic acids is 1. The van der Waals surface area contributed by atoms with Crippen molar-refractivity contribution >= 4 is 5.97 Å². The van der Waals surface area contributed by atoms with Gasteiger partial charge in [-0.05, 0) is 91.8 Å². The van der Waals surface area contributed by atoms with Gasteiger partial charge in [0, 0.05) is 6.42 Å². The summed E-state index contributed by atoms with van der Waals surface area (Å²) < 4.78 is 0. The first-order chi connectivity index (χ1) is 10.9. The van der Waals surface area contributed by atoms with Crippen LogP contribution in [0, 0.1) is 40.4 Å². The molecule has 128 valence electrons. The maximum absolute atomic E-state index is 11.3. The van der Waals surface area contributed by atoms with Gasteiger partial charge in [-0.3, -0.25) is 4.79 Å². The normalized spacial score (nSPS) is 51.7. The van der Waals surface area contributed by atoms with E-state index in [2.05, 4.69) is 26.0 Å². The predicted octanol–water partition coefficient (Wildman–Crippen LogP) is 5.29. The molecule has 7 atom stereocenters. The number of allylic oxidation sites excluding steroid dienone is 2. The lowest BCUT2D eigenvalue weighted by atomic mass is 9.45. The first-order valence-electron chi connectivity index (χ1n) is 9.83.